The standard InChI is InChI=1S/C33H29BO4/c1-4-24-7-6-8-28(16-9-24)34(29-17-10-25(5-2)11-18-29)38-33(27-14-21-31(37-3)22-15-27)23-32(36)26-12-19-30(35)20-13-26/h4-7,9-23,35H,1-2,8H2,3H3/b33-23-. The number of carbonyl (C=O) groups excluding carboxylic acids is 1. The first-order chi connectivity index (χ1) is 18.5. The summed E-state index contributed by atoms with van der Waals surface area (Å²) < 4.78 is 12.0. The third kappa shape index (κ3) is 6.51. The predicted molar refractivity (Wildman–Crippen MR) is 157 cm³/mol. The molecule has 0 unspecified atom stereocenters. The van der Waals surface area contributed by atoms with Crippen LogP contribution in [-0.2, 0) is 4.65 Å². The van der Waals surface area contributed by atoms with Gasteiger partial charge in [-0.1, -0.05) is 73.9 Å². The topological polar surface area (TPSA) is 55.8 Å². The molecule has 0 heterocycles. The minimum absolute atomic E-state index is 0.0977. The lowest BCUT2D eigenvalue weighted by Gasteiger charge is -2.21. The summed E-state index contributed by atoms with van der Waals surface area (Å²) in [5.74, 6) is 0.986. The van der Waals surface area contributed by atoms with Gasteiger partial charge in [-0.15, -0.1) is 0 Å². The maximum atomic E-state index is 13.3. The molecule has 0 spiro atoms. The van der Waals surface area contributed by atoms with Gasteiger partial charge in [-0.25, -0.2) is 0 Å². The number of ketones is 1. The summed E-state index contributed by atoms with van der Waals surface area (Å²) in [4.78, 5) is 13.3. The molecule has 0 saturated carbocycles. The van der Waals surface area contributed by atoms with Crippen LogP contribution in [0.25, 0.3) is 11.8 Å². The molecular weight excluding hydrogens is 471 g/mol. The summed E-state index contributed by atoms with van der Waals surface area (Å²) in [7, 11) is 1.61. The van der Waals surface area contributed by atoms with Gasteiger partial charge in [0.25, 0.3) is 0 Å². The van der Waals surface area contributed by atoms with Crippen LogP contribution in [0.2, 0.25) is 0 Å². The molecule has 4 nitrogen and oxygen atoms in total. The van der Waals surface area contributed by atoms with Crippen LogP contribution >= 0.6 is 0 Å². The number of phenolic OH excluding ortho intramolecular Hbond substituents is 1. The highest BCUT2D eigenvalue weighted by atomic mass is 16.5. The maximum Gasteiger partial charge on any atom is 0.422 e. The summed E-state index contributed by atoms with van der Waals surface area (Å²) in [5, 5.41) is 9.64. The summed E-state index contributed by atoms with van der Waals surface area (Å²) in [6.07, 6.45) is 14.0. The van der Waals surface area contributed by atoms with Crippen molar-refractivity contribution in [1.29, 1.82) is 0 Å². The molecule has 38 heavy (non-hydrogen) atoms. The molecule has 4 rings (SSSR count). The number of allylic oxidation sites excluding steroid dienone is 8. The van der Waals surface area contributed by atoms with Gasteiger partial charge in [-0.05, 0) is 77.0 Å². The highest BCUT2D eigenvalue weighted by Crippen LogP contribution is 2.25. The van der Waals surface area contributed by atoms with E-state index < -0.39 is 6.92 Å². The summed E-state index contributed by atoms with van der Waals surface area (Å²) in [6.45, 7) is 7.27. The smallest absolute Gasteiger partial charge is 0.422 e. The fraction of sp³-hybridized carbons (Fsp3) is 0.0606. The molecule has 0 amide bonds. The molecule has 1 N–H and O–H groups in total. The molecule has 0 aliphatic heterocycles. The molecule has 0 fully saturated rings. The molecule has 5 heteroatoms. The van der Waals surface area contributed by atoms with Gasteiger partial charge in [-0.2, -0.15) is 0 Å². The second kappa shape index (κ2) is 12.5. The van der Waals surface area contributed by atoms with E-state index >= 15 is 0 Å². The number of methoxy groups -OCH3 is 1. The lowest BCUT2D eigenvalue weighted by atomic mass is 9.53. The van der Waals surface area contributed by atoms with E-state index in [9.17, 15) is 9.90 Å². The molecule has 3 aromatic rings. The van der Waals surface area contributed by atoms with E-state index in [0.717, 1.165) is 27.6 Å². The molecule has 3 aromatic carbocycles. The molecule has 0 aromatic heterocycles. The van der Waals surface area contributed by atoms with Crippen molar-refractivity contribution < 1.29 is 19.3 Å². The van der Waals surface area contributed by atoms with Crippen molar-refractivity contribution in [3.05, 3.63) is 150 Å². The monoisotopic (exact) mass is 500 g/mol. The summed E-state index contributed by atoms with van der Waals surface area (Å²) in [5.41, 5.74) is 5.17. The fourth-order valence-corrected chi connectivity index (χ4v) is 4.05. The Morgan fingerprint density at radius 2 is 1.58 bits per heavy atom. The van der Waals surface area contributed by atoms with Crippen molar-refractivity contribution >= 4 is 30.0 Å². The number of carbonyl (C=O) groups is 1. The number of aromatic hydroxyl groups is 1. The minimum atomic E-state index is -0.458. The highest BCUT2D eigenvalue weighted by Gasteiger charge is 2.27. The largest absolute Gasteiger partial charge is 0.551 e. The minimum Gasteiger partial charge on any atom is -0.551 e. The maximum absolute atomic E-state index is 13.3. The van der Waals surface area contributed by atoms with Gasteiger partial charge in [0, 0.05) is 17.2 Å². The van der Waals surface area contributed by atoms with Crippen molar-refractivity contribution in [3.63, 3.8) is 0 Å². The molecule has 188 valence electrons. The zero-order chi connectivity index (χ0) is 26.9. The van der Waals surface area contributed by atoms with E-state index in [1.54, 1.807) is 25.3 Å². The SMILES string of the molecule is C=CC1=CC=C(B(O/C(=C\C(=O)c2ccc(O)cc2)c2ccc(OC)cc2)c2ccc(C=C)cc2)CC=C1. The Kier molecular flexibility index (Phi) is 8.63. The Morgan fingerprint density at radius 3 is 2.21 bits per heavy atom. The van der Waals surface area contributed by atoms with Gasteiger partial charge in [-0.3, -0.25) is 4.79 Å². The van der Waals surface area contributed by atoms with Gasteiger partial charge >= 0.3 is 6.92 Å². The molecule has 1 aliphatic rings. The fourth-order valence-electron chi connectivity index (χ4n) is 4.05. The Morgan fingerprint density at radius 1 is 0.895 bits per heavy atom. The van der Waals surface area contributed by atoms with Crippen molar-refractivity contribution in [2.24, 2.45) is 0 Å². The number of phenols is 1. The summed E-state index contributed by atoms with van der Waals surface area (Å²) >= 11 is 0. The zero-order valence-electron chi connectivity index (χ0n) is 21.3. The average molecular weight is 500 g/mol. The van der Waals surface area contributed by atoms with E-state index in [4.69, 9.17) is 9.39 Å². The second-order valence-electron chi connectivity index (χ2n) is 8.74. The first-order valence-corrected chi connectivity index (χ1v) is 12.3. The quantitative estimate of drug-likeness (QED) is 0.145. The van der Waals surface area contributed by atoms with Gasteiger partial charge in [0.05, 0.1) is 7.11 Å². The molecular formula is C33H29BO4. The van der Waals surface area contributed by atoms with E-state index in [-0.39, 0.29) is 11.5 Å². The predicted octanol–water partition coefficient (Wildman–Crippen LogP) is 6.72. The Balaban J connectivity index is 1.80. The van der Waals surface area contributed by atoms with Gasteiger partial charge < -0.3 is 14.5 Å². The van der Waals surface area contributed by atoms with Crippen molar-refractivity contribution in [3.8, 4) is 11.5 Å². The van der Waals surface area contributed by atoms with E-state index in [1.165, 1.54) is 18.2 Å². The Bertz CT molecular complexity index is 1420. The average Bonchev–Trinajstić information content (AvgIpc) is 3.21. The lowest BCUT2D eigenvalue weighted by molar-refractivity contribution is 0.104. The van der Waals surface area contributed by atoms with Crippen LogP contribution in [0.4, 0.5) is 0 Å². The number of ether oxygens (including phenoxy) is 1. The van der Waals surface area contributed by atoms with E-state index in [2.05, 4.69) is 25.3 Å². The third-order valence-electron chi connectivity index (χ3n) is 6.23. The number of hydrogen-bond acceptors (Lipinski definition) is 4. The van der Waals surface area contributed by atoms with Crippen molar-refractivity contribution in [1.82, 2.24) is 0 Å². The Hall–Kier alpha value is -4.77. The number of rotatable bonds is 10. The first kappa shape index (κ1) is 26.3. The first-order valence-electron chi connectivity index (χ1n) is 12.3. The molecule has 0 bridgehead atoms. The molecule has 0 radical (unpaired) electrons. The van der Waals surface area contributed by atoms with Crippen LogP contribution in [0.15, 0.2) is 133 Å². The molecule has 0 saturated heterocycles. The van der Waals surface area contributed by atoms with Crippen LogP contribution in [0.1, 0.15) is 27.9 Å². The second-order valence-corrected chi connectivity index (χ2v) is 8.74. The van der Waals surface area contributed by atoms with Crippen LogP contribution in [0.3, 0.4) is 0 Å². The van der Waals surface area contributed by atoms with Crippen LogP contribution in [0.5, 0.6) is 11.5 Å². The third-order valence-corrected chi connectivity index (χ3v) is 6.23. The van der Waals surface area contributed by atoms with Gasteiger partial charge in [0.2, 0.25) is 0 Å². The normalized spacial score (nSPS) is 13.0. The lowest BCUT2D eigenvalue weighted by Crippen LogP contribution is -2.35. The zero-order valence-corrected chi connectivity index (χ0v) is 21.3. The number of benzene rings is 3. The van der Waals surface area contributed by atoms with Crippen molar-refractivity contribution in [2.45, 2.75) is 6.42 Å². The molecule has 1 aliphatic carbocycles. The Labute approximate surface area is 224 Å². The number of hydrogen-bond donors (Lipinski definition) is 1. The summed E-state index contributed by atoms with van der Waals surface area (Å²) in [6, 6.07) is 21.6. The van der Waals surface area contributed by atoms with Crippen molar-refractivity contribution in [2.75, 3.05) is 7.11 Å². The van der Waals surface area contributed by atoms with Gasteiger partial charge in [0.1, 0.15) is 17.3 Å². The highest BCUT2D eigenvalue weighted by molar-refractivity contribution is 6.75. The van der Waals surface area contributed by atoms with Crippen LogP contribution in [0, 0.1) is 0 Å². The van der Waals surface area contributed by atoms with Crippen LogP contribution < -0.4 is 10.2 Å². The molecule has 0 atom stereocenters. The van der Waals surface area contributed by atoms with E-state index in [0.29, 0.717) is 23.5 Å². The van der Waals surface area contributed by atoms with Gasteiger partial charge in [0.15, 0.2) is 5.78 Å². The van der Waals surface area contributed by atoms with E-state index in [1.807, 2.05) is 66.8 Å². The van der Waals surface area contributed by atoms with Crippen LogP contribution in [-0.4, -0.2) is 24.9 Å².